The van der Waals surface area contributed by atoms with Crippen LogP contribution in [0.1, 0.15) is 10.5 Å². The van der Waals surface area contributed by atoms with Gasteiger partial charge in [-0.2, -0.15) is 0 Å². The molecule has 0 aliphatic rings. The van der Waals surface area contributed by atoms with Crippen LogP contribution in [0.4, 0.5) is 0 Å². The highest BCUT2D eigenvalue weighted by atomic mass is 16.5. The molecule has 0 aromatic carbocycles. The first-order chi connectivity index (χ1) is 9.02. The van der Waals surface area contributed by atoms with Crippen LogP contribution in [0.15, 0.2) is 18.3 Å². The Hall–Kier alpha value is -1.70. The maximum atomic E-state index is 11.6. The van der Waals surface area contributed by atoms with Crippen LogP contribution in [0.5, 0.6) is 0 Å². The van der Waals surface area contributed by atoms with E-state index in [1.54, 1.807) is 30.3 Å². The van der Waals surface area contributed by atoms with Crippen molar-refractivity contribution in [3.8, 4) is 0 Å². The van der Waals surface area contributed by atoms with Gasteiger partial charge in [-0.15, -0.1) is 0 Å². The molecule has 3 N–H and O–H groups in total. The minimum atomic E-state index is -0.665. The van der Waals surface area contributed by atoms with Crippen molar-refractivity contribution >= 4 is 11.8 Å². The Morgan fingerprint density at radius 2 is 2.32 bits per heavy atom. The Balaban J connectivity index is 2.32. The molecular weight excluding hydrogens is 250 g/mol. The lowest BCUT2D eigenvalue weighted by Crippen LogP contribution is -2.41. The van der Waals surface area contributed by atoms with E-state index in [-0.39, 0.29) is 19.7 Å². The second-order valence-corrected chi connectivity index (χ2v) is 4.27. The molecule has 1 rings (SSSR count). The van der Waals surface area contributed by atoms with Crippen LogP contribution in [0.2, 0.25) is 0 Å². The first-order valence-electron chi connectivity index (χ1n) is 5.86. The second kappa shape index (κ2) is 7.67. The number of aromatic nitrogens is 1. The summed E-state index contributed by atoms with van der Waals surface area (Å²) < 4.78 is 4.79. The van der Waals surface area contributed by atoms with Crippen LogP contribution in [-0.4, -0.2) is 66.8 Å². The molecular formula is C12H19N3O4. The summed E-state index contributed by atoms with van der Waals surface area (Å²) in [5.74, 6) is -0.896. The molecule has 0 aliphatic carbocycles. The van der Waals surface area contributed by atoms with E-state index in [1.165, 1.54) is 7.11 Å². The first kappa shape index (κ1) is 15.4. The molecule has 1 aromatic rings. The number of H-pyrrole nitrogens is 1. The van der Waals surface area contributed by atoms with Gasteiger partial charge in [0.25, 0.3) is 5.91 Å². The molecule has 0 aliphatic heterocycles. The SMILES string of the molecule is COCC(O)CN(C)CC(=O)NC(=O)c1ccc[nH]1. The second-order valence-electron chi connectivity index (χ2n) is 4.27. The normalized spacial score (nSPS) is 12.4. The fourth-order valence-corrected chi connectivity index (χ4v) is 1.62. The third-order valence-corrected chi connectivity index (χ3v) is 2.39. The number of aliphatic hydroxyl groups is 1. The van der Waals surface area contributed by atoms with Gasteiger partial charge in [-0.25, -0.2) is 0 Å². The van der Waals surface area contributed by atoms with Crippen LogP contribution in [0.25, 0.3) is 0 Å². The smallest absolute Gasteiger partial charge is 0.274 e. The highest BCUT2D eigenvalue weighted by molar-refractivity contribution is 6.04. The van der Waals surface area contributed by atoms with E-state index in [4.69, 9.17) is 4.74 Å². The van der Waals surface area contributed by atoms with Gasteiger partial charge in [-0.05, 0) is 19.2 Å². The van der Waals surface area contributed by atoms with Crippen molar-refractivity contribution < 1.29 is 19.4 Å². The molecule has 19 heavy (non-hydrogen) atoms. The maximum absolute atomic E-state index is 11.6. The maximum Gasteiger partial charge on any atom is 0.274 e. The average Bonchev–Trinajstić information content (AvgIpc) is 2.81. The summed E-state index contributed by atoms with van der Waals surface area (Å²) in [6.07, 6.45) is 0.939. The molecule has 7 nitrogen and oxygen atoms in total. The number of likely N-dealkylation sites (N-methyl/N-ethyl adjacent to an activating group) is 1. The number of carbonyl (C=O) groups is 2. The zero-order valence-electron chi connectivity index (χ0n) is 11.0. The molecule has 1 heterocycles. The number of carbonyl (C=O) groups excluding carboxylic acids is 2. The fraction of sp³-hybridized carbons (Fsp3) is 0.500. The summed E-state index contributed by atoms with van der Waals surface area (Å²) in [6, 6.07) is 3.25. The summed E-state index contributed by atoms with van der Waals surface area (Å²) in [4.78, 5) is 27.5. The third kappa shape index (κ3) is 5.64. The molecule has 0 radical (unpaired) electrons. The van der Waals surface area contributed by atoms with E-state index in [1.807, 2.05) is 0 Å². The number of ether oxygens (including phenoxy) is 1. The van der Waals surface area contributed by atoms with Gasteiger partial charge < -0.3 is 14.8 Å². The number of aromatic amines is 1. The van der Waals surface area contributed by atoms with Crippen molar-refractivity contribution in [2.75, 3.05) is 33.9 Å². The zero-order chi connectivity index (χ0) is 14.3. The molecule has 0 saturated heterocycles. The van der Waals surface area contributed by atoms with E-state index in [0.717, 1.165) is 0 Å². The monoisotopic (exact) mass is 269 g/mol. The highest BCUT2D eigenvalue weighted by Crippen LogP contribution is 1.94. The topological polar surface area (TPSA) is 94.7 Å². The largest absolute Gasteiger partial charge is 0.389 e. The minimum Gasteiger partial charge on any atom is -0.389 e. The van der Waals surface area contributed by atoms with Gasteiger partial charge in [0.05, 0.1) is 19.3 Å². The molecule has 0 fully saturated rings. The summed E-state index contributed by atoms with van der Waals surface area (Å²) in [6.45, 7) is 0.512. The number of methoxy groups -OCH3 is 1. The van der Waals surface area contributed by atoms with Gasteiger partial charge in [0.1, 0.15) is 5.69 Å². The Bertz CT molecular complexity index is 405. The molecule has 0 saturated carbocycles. The lowest BCUT2D eigenvalue weighted by molar-refractivity contribution is -0.121. The van der Waals surface area contributed by atoms with Crippen molar-refractivity contribution in [2.24, 2.45) is 0 Å². The average molecular weight is 269 g/mol. The molecule has 1 unspecified atom stereocenters. The molecule has 1 atom stereocenters. The van der Waals surface area contributed by atoms with E-state index < -0.39 is 17.9 Å². The van der Waals surface area contributed by atoms with Gasteiger partial charge in [0, 0.05) is 19.9 Å². The zero-order valence-corrected chi connectivity index (χ0v) is 11.0. The number of imide groups is 1. The summed E-state index contributed by atoms with van der Waals surface area (Å²) in [7, 11) is 3.17. The van der Waals surface area contributed by atoms with Crippen LogP contribution in [0, 0.1) is 0 Å². The van der Waals surface area contributed by atoms with Crippen LogP contribution >= 0.6 is 0 Å². The predicted octanol–water partition coefficient (Wildman–Crippen LogP) is -0.790. The minimum absolute atomic E-state index is 0.0211. The van der Waals surface area contributed by atoms with E-state index in [0.29, 0.717) is 5.69 Å². The van der Waals surface area contributed by atoms with Gasteiger partial charge >= 0.3 is 0 Å². The first-order valence-corrected chi connectivity index (χ1v) is 5.86. The van der Waals surface area contributed by atoms with Crippen LogP contribution in [0.3, 0.4) is 0 Å². The van der Waals surface area contributed by atoms with Crippen molar-refractivity contribution in [2.45, 2.75) is 6.10 Å². The Morgan fingerprint density at radius 3 is 2.89 bits per heavy atom. The summed E-state index contributed by atoms with van der Waals surface area (Å²) in [5.41, 5.74) is 0.329. The summed E-state index contributed by atoms with van der Waals surface area (Å²) >= 11 is 0. The van der Waals surface area contributed by atoms with Gasteiger partial charge in [-0.3, -0.25) is 19.8 Å². The number of hydrogen-bond acceptors (Lipinski definition) is 5. The Kier molecular flexibility index (Phi) is 6.20. The number of hydrogen-bond donors (Lipinski definition) is 3. The van der Waals surface area contributed by atoms with E-state index >= 15 is 0 Å². The number of rotatable bonds is 7. The standard InChI is InChI=1S/C12H19N3O4/c1-15(6-9(16)8-19-2)7-11(17)14-12(18)10-4-3-5-13-10/h3-5,9,13,16H,6-8H2,1-2H3,(H,14,17,18). The van der Waals surface area contributed by atoms with Crippen molar-refractivity contribution in [3.63, 3.8) is 0 Å². The molecule has 106 valence electrons. The van der Waals surface area contributed by atoms with Crippen LogP contribution < -0.4 is 5.32 Å². The number of nitrogens with zero attached hydrogens (tertiary/aromatic N) is 1. The predicted molar refractivity (Wildman–Crippen MR) is 68.6 cm³/mol. The lowest BCUT2D eigenvalue weighted by Gasteiger charge is -2.19. The van der Waals surface area contributed by atoms with E-state index in [9.17, 15) is 14.7 Å². The lowest BCUT2D eigenvalue weighted by atomic mass is 10.3. The quantitative estimate of drug-likeness (QED) is 0.603. The van der Waals surface area contributed by atoms with E-state index in [2.05, 4.69) is 10.3 Å². The van der Waals surface area contributed by atoms with Gasteiger partial charge in [0.2, 0.25) is 5.91 Å². The number of nitrogens with one attached hydrogen (secondary N) is 2. The van der Waals surface area contributed by atoms with Gasteiger partial charge in [0.15, 0.2) is 0 Å². The molecule has 2 amide bonds. The molecule has 0 spiro atoms. The highest BCUT2D eigenvalue weighted by Gasteiger charge is 2.14. The Labute approximate surface area is 111 Å². The third-order valence-electron chi connectivity index (χ3n) is 2.39. The molecule has 7 heteroatoms. The van der Waals surface area contributed by atoms with Crippen molar-refractivity contribution in [1.29, 1.82) is 0 Å². The van der Waals surface area contributed by atoms with Crippen LogP contribution in [-0.2, 0) is 9.53 Å². The fourth-order valence-electron chi connectivity index (χ4n) is 1.62. The van der Waals surface area contributed by atoms with Gasteiger partial charge in [-0.1, -0.05) is 0 Å². The Morgan fingerprint density at radius 1 is 1.58 bits per heavy atom. The molecule has 0 bridgehead atoms. The molecule has 1 aromatic heterocycles. The van der Waals surface area contributed by atoms with Crippen molar-refractivity contribution in [3.05, 3.63) is 24.0 Å². The number of aliphatic hydroxyl groups excluding tert-OH is 1. The van der Waals surface area contributed by atoms with Crippen molar-refractivity contribution in [1.82, 2.24) is 15.2 Å². The number of amides is 2. The summed E-state index contributed by atoms with van der Waals surface area (Å²) in [5, 5.41) is 11.7.